The second kappa shape index (κ2) is 6.23. The minimum atomic E-state index is 0.178. The highest BCUT2D eigenvalue weighted by molar-refractivity contribution is 5.93. The van der Waals surface area contributed by atoms with Crippen LogP contribution in [0, 0.1) is 6.92 Å². The summed E-state index contributed by atoms with van der Waals surface area (Å²) >= 11 is 0. The zero-order valence-corrected chi connectivity index (χ0v) is 9.45. The third-order valence-electron chi connectivity index (χ3n) is 2.22. The van der Waals surface area contributed by atoms with Gasteiger partial charge in [-0.05, 0) is 37.6 Å². The van der Waals surface area contributed by atoms with E-state index in [1.54, 1.807) is 12.2 Å². The molecule has 0 atom stereocenters. The lowest BCUT2D eigenvalue weighted by Gasteiger charge is -1.93. The molecule has 0 aliphatic heterocycles. The molecule has 0 aliphatic carbocycles. The van der Waals surface area contributed by atoms with Crippen LogP contribution < -0.4 is 0 Å². The van der Waals surface area contributed by atoms with Crippen LogP contribution in [0.25, 0.3) is 6.08 Å². The summed E-state index contributed by atoms with van der Waals surface area (Å²) in [6.45, 7) is 4.02. The molecule has 0 saturated heterocycles. The zero-order chi connectivity index (χ0) is 11.1. The lowest BCUT2D eigenvalue weighted by Crippen LogP contribution is -1.91. The number of aryl methyl sites for hydroxylation is 1. The van der Waals surface area contributed by atoms with Crippen molar-refractivity contribution in [1.29, 1.82) is 0 Å². The molecule has 0 amide bonds. The molecule has 1 heterocycles. The van der Waals surface area contributed by atoms with Gasteiger partial charge in [-0.15, -0.1) is 0 Å². The first-order chi connectivity index (χ1) is 7.22. The maximum absolute atomic E-state index is 11.4. The van der Waals surface area contributed by atoms with Crippen LogP contribution in [0.15, 0.2) is 22.6 Å². The number of hydrogen-bond donors (Lipinski definition) is 0. The third-order valence-corrected chi connectivity index (χ3v) is 2.22. The van der Waals surface area contributed by atoms with Gasteiger partial charge in [0.15, 0.2) is 5.78 Å². The Kier molecular flexibility index (Phi) is 4.88. The number of unbranched alkanes of at least 4 members (excludes halogenated alkanes) is 2. The van der Waals surface area contributed by atoms with Gasteiger partial charge in [0.1, 0.15) is 11.5 Å². The fraction of sp³-hybridized carbons (Fsp3) is 0.462. The van der Waals surface area contributed by atoms with Crippen LogP contribution in [0.3, 0.4) is 0 Å². The second-order valence-corrected chi connectivity index (χ2v) is 3.71. The van der Waals surface area contributed by atoms with Crippen molar-refractivity contribution in [1.82, 2.24) is 0 Å². The molecule has 2 nitrogen and oxygen atoms in total. The van der Waals surface area contributed by atoms with Crippen molar-refractivity contribution in [2.24, 2.45) is 0 Å². The molecule has 82 valence electrons. The van der Waals surface area contributed by atoms with E-state index in [0.717, 1.165) is 30.8 Å². The number of furan rings is 1. The average Bonchev–Trinajstić information content (AvgIpc) is 2.62. The van der Waals surface area contributed by atoms with Crippen molar-refractivity contribution in [2.45, 2.75) is 39.5 Å². The zero-order valence-electron chi connectivity index (χ0n) is 9.45. The molecule has 0 aromatic carbocycles. The van der Waals surface area contributed by atoms with Crippen molar-refractivity contribution < 1.29 is 9.21 Å². The minimum Gasteiger partial charge on any atom is -0.462 e. The fourth-order valence-corrected chi connectivity index (χ4v) is 1.35. The Labute approximate surface area is 91.0 Å². The topological polar surface area (TPSA) is 30.2 Å². The van der Waals surface area contributed by atoms with Crippen LogP contribution in [0.4, 0.5) is 0 Å². The van der Waals surface area contributed by atoms with Gasteiger partial charge in [0.25, 0.3) is 0 Å². The van der Waals surface area contributed by atoms with Gasteiger partial charge in [0.05, 0.1) is 0 Å². The summed E-state index contributed by atoms with van der Waals surface area (Å²) in [6, 6.07) is 3.76. The van der Waals surface area contributed by atoms with E-state index in [2.05, 4.69) is 6.92 Å². The Morgan fingerprint density at radius 1 is 1.40 bits per heavy atom. The predicted molar refractivity (Wildman–Crippen MR) is 61.6 cm³/mol. The molecule has 0 fully saturated rings. The number of carbonyl (C=O) groups excluding carboxylic acids is 1. The monoisotopic (exact) mass is 206 g/mol. The minimum absolute atomic E-state index is 0.178. The third kappa shape index (κ3) is 4.63. The molecule has 15 heavy (non-hydrogen) atoms. The molecule has 0 N–H and O–H groups in total. The van der Waals surface area contributed by atoms with E-state index in [9.17, 15) is 4.79 Å². The van der Waals surface area contributed by atoms with Crippen LogP contribution in [-0.4, -0.2) is 5.78 Å². The first kappa shape index (κ1) is 11.8. The number of allylic oxidation sites excluding steroid dienone is 1. The molecule has 2 heteroatoms. The van der Waals surface area contributed by atoms with Crippen LogP contribution in [0.2, 0.25) is 0 Å². The van der Waals surface area contributed by atoms with Gasteiger partial charge in [-0.1, -0.05) is 19.8 Å². The summed E-state index contributed by atoms with van der Waals surface area (Å²) in [5.41, 5.74) is 0. The van der Waals surface area contributed by atoms with Gasteiger partial charge < -0.3 is 4.42 Å². The van der Waals surface area contributed by atoms with E-state index in [4.69, 9.17) is 4.42 Å². The highest BCUT2D eigenvalue weighted by Crippen LogP contribution is 2.08. The Morgan fingerprint density at radius 2 is 2.20 bits per heavy atom. The normalized spacial score (nSPS) is 11.1. The standard InChI is InChI=1S/C13H18O2/c1-3-4-5-6-12(14)8-10-13-9-7-11(2)15-13/h7-10H,3-6H2,1-2H3. The van der Waals surface area contributed by atoms with Gasteiger partial charge in [0, 0.05) is 6.42 Å². The molecule has 1 aromatic heterocycles. The molecular formula is C13H18O2. The molecule has 0 radical (unpaired) electrons. The van der Waals surface area contributed by atoms with Gasteiger partial charge in [-0.25, -0.2) is 0 Å². The Bertz CT molecular complexity index is 334. The van der Waals surface area contributed by atoms with E-state index in [-0.39, 0.29) is 5.78 Å². The van der Waals surface area contributed by atoms with Crippen molar-refractivity contribution >= 4 is 11.9 Å². The molecular weight excluding hydrogens is 188 g/mol. The van der Waals surface area contributed by atoms with E-state index in [0.29, 0.717) is 6.42 Å². The highest BCUT2D eigenvalue weighted by atomic mass is 16.3. The van der Waals surface area contributed by atoms with E-state index in [1.165, 1.54) is 0 Å². The maximum Gasteiger partial charge on any atom is 0.155 e. The van der Waals surface area contributed by atoms with Crippen molar-refractivity contribution in [2.75, 3.05) is 0 Å². The Hall–Kier alpha value is -1.31. The molecule has 0 unspecified atom stereocenters. The van der Waals surface area contributed by atoms with Crippen LogP contribution in [-0.2, 0) is 4.79 Å². The first-order valence-corrected chi connectivity index (χ1v) is 5.49. The fourth-order valence-electron chi connectivity index (χ4n) is 1.35. The smallest absolute Gasteiger partial charge is 0.155 e. The van der Waals surface area contributed by atoms with Crippen LogP contribution in [0.5, 0.6) is 0 Å². The predicted octanol–water partition coefficient (Wildman–Crippen LogP) is 3.75. The lowest BCUT2D eigenvalue weighted by molar-refractivity contribution is -0.114. The highest BCUT2D eigenvalue weighted by Gasteiger charge is 1.97. The molecule has 0 bridgehead atoms. The maximum atomic E-state index is 11.4. The largest absolute Gasteiger partial charge is 0.462 e. The summed E-state index contributed by atoms with van der Waals surface area (Å²) in [5.74, 6) is 1.79. The van der Waals surface area contributed by atoms with E-state index >= 15 is 0 Å². The molecule has 1 aromatic rings. The van der Waals surface area contributed by atoms with Gasteiger partial charge in [0.2, 0.25) is 0 Å². The number of carbonyl (C=O) groups is 1. The average molecular weight is 206 g/mol. The van der Waals surface area contributed by atoms with Crippen LogP contribution in [0.1, 0.15) is 44.1 Å². The molecule has 0 spiro atoms. The summed E-state index contributed by atoms with van der Waals surface area (Å²) in [6.07, 6.45) is 7.24. The summed E-state index contributed by atoms with van der Waals surface area (Å²) in [4.78, 5) is 11.4. The number of hydrogen-bond acceptors (Lipinski definition) is 2. The van der Waals surface area contributed by atoms with Gasteiger partial charge in [-0.2, -0.15) is 0 Å². The van der Waals surface area contributed by atoms with Gasteiger partial charge >= 0.3 is 0 Å². The summed E-state index contributed by atoms with van der Waals surface area (Å²) in [5, 5.41) is 0. The van der Waals surface area contributed by atoms with E-state index in [1.807, 2.05) is 19.1 Å². The number of ketones is 1. The summed E-state index contributed by atoms with van der Waals surface area (Å²) in [7, 11) is 0. The van der Waals surface area contributed by atoms with Gasteiger partial charge in [-0.3, -0.25) is 4.79 Å². The molecule has 1 rings (SSSR count). The van der Waals surface area contributed by atoms with E-state index < -0.39 is 0 Å². The molecule has 0 aliphatic rings. The van der Waals surface area contributed by atoms with Crippen molar-refractivity contribution in [3.05, 3.63) is 29.7 Å². The Balaban J connectivity index is 2.34. The quantitative estimate of drug-likeness (QED) is 0.524. The summed E-state index contributed by atoms with van der Waals surface area (Å²) < 4.78 is 5.32. The van der Waals surface area contributed by atoms with Crippen molar-refractivity contribution in [3.8, 4) is 0 Å². The van der Waals surface area contributed by atoms with Crippen molar-refractivity contribution in [3.63, 3.8) is 0 Å². The second-order valence-electron chi connectivity index (χ2n) is 3.71. The van der Waals surface area contributed by atoms with Crippen LogP contribution >= 0.6 is 0 Å². The lowest BCUT2D eigenvalue weighted by atomic mass is 10.1. The molecule has 0 saturated carbocycles. The first-order valence-electron chi connectivity index (χ1n) is 5.49. The SMILES string of the molecule is CCCCCC(=O)C=Cc1ccc(C)o1. The number of rotatable bonds is 6. The Morgan fingerprint density at radius 3 is 2.80 bits per heavy atom.